The van der Waals surface area contributed by atoms with Gasteiger partial charge in [0.15, 0.2) is 0 Å². The van der Waals surface area contributed by atoms with Crippen LogP contribution in [0.15, 0.2) is 16.6 Å². The molecular formula is C13H14BrClN2. The van der Waals surface area contributed by atoms with Crippen molar-refractivity contribution in [2.75, 3.05) is 13.6 Å². The third-order valence-corrected chi connectivity index (χ3v) is 4.42. The minimum absolute atomic E-state index is 0.797. The van der Waals surface area contributed by atoms with E-state index in [1.807, 2.05) is 6.07 Å². The Hall–Kier alpha value is -0.510. The average molecular weight is 314 g/mol. The second kappa shape index (κ2) is 4.01. The Bertz CT molecular complexity index is 603. The number of aromatic nitrogens is 1. The van der Waals surface area contributed by atoms with Crippen LogP contribution in [0.25, 0.3) is 10.9 Å². The first-order chi connectivity index (χ1) is 8.08. The van der Waals surface area contributed by atoms with Gasteiger partial charge in [-0.1, -0.05) is 11.6 Å². The standard InChI is InChI=1S/C13H14BrClN2/c1-16-4-3-12-10(7-16)9-5-8(15)6-11(14)13(9)17(12)2/h5-6H,3-4,7H2,1-2H3. The first-order valence-electron chi connectivity index (χ1n) is 5.71. The van der Waals surface area contributed by atoms with Crippen LogP contribution in [-0.4, -0.2) is 23.1 Å². The number of aryl methyl sites for hydroxylation is 1. The van der Waals surface area contributed by atoms with Gasteiger partial charge in [0, 0.05) is 47.1 Å². The summed E-state index contributed by atoms with van der Waals surface area (Å²) in [4.78, 5) is 2.36. The van der Waals surface area contributed by atoms with Crippen LogP contribution in [0.2, 0.25) is 5.02 Å². The van der Waals surface area contributed by atoms with E-state index < -0.39 is 0 Å². The normalized spacial score (nSPS) is 16.5. The summed E-state index contributed by atoms with van der Waals surface area (Å²) in [5, 5.41) is 2.08. The van der Waals surface area contributed by atoms with Gasteiger partial charge in [-0.2, -0.15) is 0 Å². The molecule has 0 fully saturated rings. The van der Waals surface area contributed by atoms with Gasteiger partial charge in [0.05, 0.1) is 5.52 Å². The van der Waals surface area contributed by atoms with Crippen LogP contribution in [0.1, 0.15) is 11.3 Å². The van der Waals surface area contributed by atoms with Gasteiger partial charge in [0.2, 0.25) is 0 Å². The fourth-order valence-corrected chi connectivity index (χ4v) is 3.85. The van der Waals surface area contributed by atoms with E-state index in [1.54, 1.807) is 0 Å². The highest BCUT2D eigenvalue weighted by molar-refractivity contribution is 9.10. The molecule has 0 amide bonds. The largest absolute Gasteiger partial charge is 0.346 e. The molecule has 2 heterocycles. The summed E-state index contributed by atoms with van der Waals surface area (Å²) in [6.07, 6.45) is 1.11. The zero-order valence-corrected chi connectivity index (χ0v) is 12.3. The molecule has 0 radical (unpaired) electrons. The molecule has 17 heavy (non-hydrogen) atoms. The molecule has 4 heteroatoms. The van der Waals surface area contributed by atoms with Crippen molar-refractivity contribution in [3.63, 3.8) is 0 Å². The maximum atomic E-state index is 6.16. The fraction of sp³-hybridized carbons (Fsp3) is 0.385. The highest BCUT2D eigenvalue weighted by Gasteiger charge is 2.22. The van der Waals surface area contributed by atoms with Crippen LogP contribution in [0.3, 0.4) is 0 Å². The molecule has 0 bridgehead atoms. The number of nitrogens with zero attached hydrogens (tertiary/aromatic N) is 2. The van der Waals surface area contributed by atoms with E-state index in [0.717, 1.165) is 29.0 Å². The highest BCUT2D eigenvalue weighted by atomic mass is 79.9. The number of fused-ring (bicyclic) bond motifs is 3. The minimum Gasteiger partial charge on any atom is -0.346 e. The summed E-state index contributed by atoms with van der Waals surface area (Å²) in [6.45, 7) is 2.14. The van der Waals surface area contributed by atoms with E-state index in [2.05, 4.69) is 45.6 Å². The van der Waals surface area contributed by atoms with Crippen LogP contribution in [0.4, 0.5) is 0 Å². The maximum Gasteiger partial charge on any atom is 0.0628 e. The third-order valence-electron chi connectivity index (χ3n) is 3.60. The maximum absolute atomic E-state index is 6.16. The summed E-state index contributed by atoms with van der Waals surface area (Å²) in [5.41, 5.74) is 4.13. The molecule has 0 saturated carbocycles. The van der Waals surface area contributed by atoms with Gasteiger partial charge in [0.25, 0.3) is 0 Å². The van der Waals surface area contributed by atoms with Crippen molar-refractivity contribution in [2.45, 2.75) is 13.0 Å². The molecule has 1 aromatic heterocycles. The number of rotatable bonds is 0. The van der Waals surface area contributed by atoms with Crippen molar-refractivity contribution in [2.24, 2.45) is 7.05 Å². The summed E-state index contributed by atoms with van der Waals surface area (Å²) < 4.78 is 3.39. The molecule has 3 rings (SSSR count). The van der Waals surface area contributed by atoms with E-state index in [-0.39, 0.29) is 0 Å². The summed E-state index contributed by atoms with van der Waals surface area (Å²) in [7, 11) is 4.31. The Morgan fingerprint density at radius 3 is 2.82 bits per heavy atom. The number of hydrogen-bond acceptors (Lipinski definition) is 1. The Morgan fingerprint density at radius 2 is 2.06 bits per heavy atom. The second-order valence-electron chi connectivity index (χ2n) is 4.76. The van der Waals surface area contributed by atoms with Crippen molar-refractivity contribution >= 4 is 38.4 Å². The van der Waals surface area contributed by atoms with Crippen molar-refractivity contribution in [3.05, 3.63) is 32.9 Å². The lowest BCUT2D eigenvalue weighted by molar-refractivity contribution is 0.310. The van der Waals surface area contributed by atoms with Gasteiger partial charge in [-0.15, -0.1) is 0 Å². The van der Waals surface area contributed by atoms with Crippen molar-refractivity contribution in [1.29, 1.82) is 0 Å². The van der Waals surface area contributed by atoms with Crippen LogP contribution in [0.5, 0.6) is 0 Å². The number of likely N-dealkylation sites (N-methyl/N-ethyl adjacent to an activating group) is 1. The average Bonchev–Trinajstić information content (AvgIpc) is 2.52. The lowest BCUT2D eigenvalue weighted by atomic mass is 10.1. The zero-order chi connectivity index (χ0) is 12.2. The van der Waals surface area contributed by atoms with Crippen LogP contribution >= 0.6 is 27.5 Å². The second-order valence-corrected chi connectivity index (χ2v) is 6.05. The zero-order valence-electron chi connectivity index (χ0n) is 9.93. The first-order valence-corrected chi connectivity index (χ1v) is 6.88. The fourth-order valence-electron chi connectivity index (χ4n) is 2.77. The quantitative estimate of drug-likeness (QED) is 0.722. The van der Waals surface area contributed by atoms with Gasteiger partial charge < -0.3 is 9.47 Å². The van der Waals surface area contributed by atoms with E-state index >= 15 is 0 Å². The third kappa shape index (κ3) is 1.72. The van der Waals surface area contributed by atoms with E-state index in [4.69, 9.17) is 11.6 Å². The minimum atomic E-state index is 0.797. The molecule has 2 aromatic rings. The van der Waals surface area contributed by atoms with Crippen LogP contribution in [-0.2, 0) is 20.0 Å². The molecule has 2 nitrogen and oxygen atoms in total. The molecule has 0 N–H and O–H groups in total. The number of benzene rings is 1. The Morgan fingerprint density at radius 1 is 1.29 bits per heavy atom. The molecule has 1 aliphatic heterocycles. The molecule has 0 unspecified atom stereocenters. The van der Waals surface area contributed by atoms with Gasteiger partial charge in [-0.25, -0.2) is 0 Å². The predicted octanol–water partition coefficient (Wildman–Crippen LogP) is 3.58. The van der Waals surface area contributed by atoms with E-state index in [9.17, 15) is 0 Å². The topological polar surface area (TPSA) is 8.17 Å². The molecule has 0 aliphatic carbocycles. The lowest BCUT2D eigenvalue weighted by Gasteiger charge is -2.23. The summed E-state index contributed by atoms with van der Waals surface area (Å²) in [5.74, 6) is 0. The van der Waals surface area contributed by atoms with Gasteiger partial charge in [-0.3, -0.25) is 0 Å². The Labute approximate surface area is 114 Å². The summed E-state index contributed by atoms with van der Waals surface area (Å²) >= 11 is 9.78. The lowest BCUT2D eigenvalue weighted by Crippen LogP contribution is -2.26. The Kier molecular flexibility index (Phi) is 2.73. The molecule has 1 aliphatic rings. The number of halogens is 2. The molecular weight excluding hydrogens is 300 g/mol. The molecule has 0 saturated heterocycles. The van der Waals surface area contributed by atoms with Crippen molar-refractivity contribution < 1.29 is 0 Å². The van der Waals surface area contributed by atoms with Crippen LogP contribution in [0, 0.1) is 0 Å². The van der Waals surface area contributed by atoms with Crippen molar-refractivity contribution in [1.82, 2.24) is 9.47 Å². The van der Waals surface area contributed by atoms with Gasteiger partial charge in [-0.05, 0) is 40.7 Å². The van der Waals surface area contributed by atoms with Crippen LogP contribution < -0.4 is 0 Å². The molecule has 0 atom stereocenters. The Balaban J connectivity index is 2.38. The van der Waals surface area contributed by atoms with E-state index in [1.165, 1.54) is 22.2 Å². The predicted molar refractivity (Wildman–Crippen MR) is 75.7 cm³/mol. The molecule has 0 spiro atoms. The first kappa shape index (κ1) is 11.6. The monoisotopic (exact) mass is 312 g/mol. The van der Waals surface area contributed by atoms with Gasteiger partial charge >= 0.3 is 0 Å². The molecule has 90 valence electrons. The van der Waals surface area contributed by atoms with Gasteiger partial charge in [0.1, 0.15) is 0 Å². The highest BCUT2D eigenvalue weighted by Crippen LogP contribution is 2.36. The van der Waals surface area contributed by atoms with Crippen molar-refractivity contribution in [3.8, 4) is 0 Å². The van der Waals surface area contributed by atoms with E-state index in [0.29, 0.717) is 0 Å². The number of hydrogen-bond donors (Lipinski definition) is 0. The molecule has 1 aromatic carbocycles. The summed E-state index contributed by atoms with van der Waals surface area (Å²) in [6, 6.07) is 4.05. The smallest absolute Gasteiger partial charge is 0.0628 e. The SMILES string of the molecule is CN1CCc2c(c3cc(Cl)cc(Br)c3n2C)C1.